The van der Waals surface area contributed by atoms with Crippen LogP contribution in [0.1, 0.15) is 11.1 Å². The normalized spacial score (nSPS) is 12.6. The van der Waals surface area contributed by atoms with E-state index in [-0.39, 0.29) is 17.9 Å². The zero-order valence-corrected chi connectivity index (χ0v) is 13.1. The molecule has 0 aliphatic heterocycles. The number of carboxylic acids is 1. The zero-order chi connectivity index (χ0) is 16.9. The summed E-state index contributed by atoms with van der Waals surface area (Å²) in [6.45, 7) is 0. The Kier molecular flexibility index (Phi) is 5.36. The lowest BCUT2D eigenvalue weighted by Crippen LogP contribution is -2.32. The third-order valence-electron chi connectivity index (χ3n) is 3.11. The average molecular weight is 335 g/mol. The van der Waals surface area contributed by atoms with Gasteiger partial charge in [-0.3, -0.25) is 4.79 Å². The Hall–Kier alpha value is -2.38. The van der Waals surface area contributed by atoms with Crippen LogP contribution in [0, 0.1) is 0 Å². The summed E-state index contributed by atoms with van der Waals surface area (Å²) < 4.78 is 29.0. The summed E-state index contributed by atoms with van der Waals surface area (Å²) in [5.41, 5.74) is 6.77. The van der Waals surface area contributed by atoms with Crippen molar-refractivity contribution in [2.45, 2.75) is 18.2 Å². The van der Waals surface area contributed by atoms with Gasteiger partial charge in [0.25, 0.3) is 0 Å². The lowest BCUT2D eigenvalue weighted by Gasteiger charge is -2.09. The van der Waals surface area contributed by atoms with Crippen LogP contribution < -0.4 is 9.92 Å². The van der Waals surface area contributed by atoms with Crippen LogP contribution >= 0.6 is 0 Å². The Bertz CT molecular complexity index is 757. The molecule has 0 saturated carbocycles. The Morgan fingerprint density at radius 3 is 2.22 bits per heavy atom. The highest BCUT2D eigenvalue weighted by Crippen LogP contribution is 2.17. The number of hydrogen-bond donors (Lipinski definition) is 2. The molecule has 1 atom stereocenters. The highest BCUT2D eigenvalue weighted by atomic mass is 32.2. The second kappa shape index (κ2) is 7.26. The average Bonchev–Trinajstić information content (AvgIpc) is 2.49. The summed E-state index contributed by atoms with van der Waals surface area (Å²) in [6, 6.07) is 13.9. The number of benzene rings is 2. The van der Waals surface area contributed by atoms with Gasteiger partial charge in [-0.25, -0.2) is 0 Å². The van der Waals surface area contributed by atoms with Crippen LogP contribution in [0.2, 0.25) is 0 Å². The van der Waals surface area contributed by atoms with E-state index >= 15 is 0 Å². The number of aliphatic carboxylic acids is 1. The van der Waals surface area contributed by atoms with Gasteiger partial charge in [-0.15, -0.1) is 0 Å². The minimum absolute atomic E-state index is 0.159. The topological polar surface area (TPSA) is 107 Å². The van der Waals surface area contributed by atoms with Gasteiger partial charge in [0.2, 0.25) is 0 Å². The summed E-state index contributed by atoms with van der Waals surface area (Å²) in [6.07, 6.45) is 0.159. The van der Waals surface area contributed by atoms with Crippen molar-refractivity contribution in [2.75, 3.05) is 0 Å². The van der Waals surface area contributed by atoms with Crippen molar-refractivity contribution in [1.29, 1.82) is 0 Å². The highest BCUT2D eigenvalue weighted by molar-refractivity contribution is 7.86. The molecular formula is C16H17NO5S. The molecule has 0 radical (unpaired) electrons. The molecule has 0 bridgehead atoms. The van der Waals surface area contributed by atoms with Gasteiger partial charge in [-0.2, -0.15) is 8.42 Å². The summed E-state index contributed by atoms with van der Waals surface area (Å²) in [5, 5.41) is 8.76. The summed E-state index contributed by atoms with van der Waals surface area (Å²) in [4.78, 5) is 10.7. The molecule has 0 aromatic heterocycles. The minimum atomic E-state index is -3.76. The predicted octanol–water partition coefficient (Wildman–Crippen LogP) is 1.55. The van der Waals surface area contributed by atoms with E-state index in [0.29, 0.717) is 11.1 Å². The van der Waals surface area contributed by atoms with Crippen molar-refractivity contribution < 1.29 is 22.5 Å². The van der Waals surface area contributed by atoms with E-state index in [1.807, 2.05) is 0 Å². The molecular weight excluding hydrogens is 318 g/mol. The fraction of sp³-hybridized carbons (Fsp3) is 0.188. The van der Waals surface area contributed by atoms with Crippen LogP contribution in [0.5, 0.6) is 5.75 Å². The van der Waals surface area contributed by atoms with Crippen molar-refractivity contribution in [3.05, 3.63) is 65.7 Å². The summed E-state index contributed by atoms with van der Waals surface area (Å²) in [7, 11) is -3.76. The van der Waals surface area contributed by atoms with E-state index in [1.165, 1.54) is 12.1 Å². The van der Waals surface area contributed by atoms with Gasteiger partial charge in [0.15, 0.2) is 0 Å². The van der Waals surface area contributed by atoms with Crippen LogP contribution in [0.4, 0.5) is 0 Å². The largest absolute Gasteiger partial charge is 0.480 e. The molecule has 0 amide bonds. The summed E-state index contributed by atoms with van der Waals surface area (Å²) >= 11 is 0. The van der Waals surface area contributed by atoms with E-state index < -0.39 is 22.1 Å². The molecule has 23 heavy (non-hydrogen) atoms. The molecule has 3 N–H and O–H groups in total. The van der Waals surface area contributed by atoms with E-state index in [1.54, 1.807) is 42.5 Å². The maximum absolute atomic E-state index is 12.0. The Labute approximate surface area is 134 Å². The van der Waals surface area contributed by atoms with E-state index in [4.69, 9.17) is 15.0 Å². The van der Waals surface area contributed by atoms with Crippen LogP contribution in [0.25, 0.3) is 0 Å². The molecule has 0 heterocycles. The molecule has 0 aliphatic carbocycles. The highest BCUT2D eigenvalue weighted by Gasteiger charge is 2.15. The molecule has 2 aromatic carbocycles. The van der Waals surface area contributed by atoms with Gasteiger partial charge in [0, 0.05) is 0 Å². The van der Waals surface area contributed by atoms with Gasteiger partial charge < -0.3 is 15.0 Å². The zero-order valence-electron chi connectivity index (χ0n) is 12.3. The third-order valence-corrected chi connectivity index (χ3v) is 4.24. The maximum Gasteiger partial charge on any atom is 0.320 e. The second-order valence-corrected chi connectivity index (χ2v) is 6.63. The first-order valence-electron chi connectivity index (χ1n) is 6.89. The second-order valence-electron chi connectivity index (χ2n) is 5.06. The van der Waals surface area contributed by atoms with Crippen molar-refractivity contribution in [1.82, 2.24) is 0 Å². The van der Waals surface area contributed by atoms with E-state index in [0.717, 1.165) is 0 Å². The first-order valence-corrected chi connectivity index (χ1v) is 8.47. The van der Waals surface area contributed by atoms with Crippen molar-refractivity contribution in [2.24, 2.45) is 5.73 Å². The molecule has 2 aromatic rings. The van der Waals surface area contributed by atoms with Crippen molar-refractivity contribution in [3.63, 3.8) is 0 Å². The monoisotopic (exact) mass is 335 g/mol. The standard InChI is InChI=1S/C16H17NO5S/c17-15(16(18)19)10-12-6-8-14(9-7-12)22-23(20,21)11-13-4-2-1-3-5-13/h1-9,15H,10-11,17H2,(H,18,19)/t15-/m0/s1. The van der Waals surface area contributed by atoms with Gasteiger partial charge in [0.1, 0.15) is 17.5 Å². The lowest BCUT2D eigenvalue weighted by molar-refractivity contribution is -0.138. The lowest BCUT2D eigenvalue weighted by atomic mass is 10.1. The smallest absolute Gasteiger partial charge is 0.320 e. The number of nitrogens with two attached hydrogens (primary N) is 1. The number of rotatable bonds is 7. The first-order chi connectivity index (χ1) is 10.9. The molecule has 0 unspecified atom stereocenters. The number of carbonyl (C=O) groups is 1. The Morgan fingerprint density at radius 1 is 1.04 bits per heavy atom. The van der Waals surface area contributed by atoms with Crippen LogP contribution in [-0.2, 0) is 27.1 Å². The molecule has 0 fully saturated rings. The quantitative estimate of drug-likeness (QED) is 0.744. The fourth-order valence-electron chi connectivity index (χ4n) is 1.98. The van der Waals surface area contributed by atoms with Gasteiger partial charge in [-0.1, -0.05) is 42.5 Å². The molecule has 6 nitrogen and oxygen atoms in total. The SMILES string of the molecule is N[C@@H](Cc1ccc(OS(=O)(=O)Cc2ccccc2)cc1)C(=O)O. The minimum Gasteiger partial charge on any atom is -0.480 e. The Morgan fingerprint density at radius 2 is 1.65 bits per heavy atom. The van der Waals surface area contributed by atoms with Crippen molar-refractivity contribution in [3.8, 4) is 5.75 Å². The van der Waals surface area contributed by atoms with Gasteiger partial charge >= 0.3 is 16.1 Å². The third kappa shape index (κ3) is 5.39. The van der Waals surface area contributed by atoms with E-state index in [2.05, 4.69) is 0 Å². The molecule has 0 saturated heterocycles. The van der Waals surface area contributed by atoms with Crippen LogP contribution in [0.3, 0.4) is 0 Å². The molecule has 7 heteroatoms. The first kappa shape index (κ1) is 17.0. The molecule has 0 spiro atoms. The van der Waals surface area contributed by atoms with Crippen LogP contribution in [-0.4, -0.2) is 25.5 Å². The molecule has 122 valence electrons. The number of carboxylic acid groups (broad SMARTS) is 1. The summed E-state index contributed by atoms with van der Waals surface area (Å²) in [5.74, 6) is -1.14. The maximum atomic E-state index is 12.0. The van der Waals surface area contributed by atoms with Gasteiger partial charge in [0.05, 0.1) is 0 Å². The van der Waals surface area contributed by atoms with Gasteiger partial charge in [-0.05, 0) is 29.7 Å². The van der Waals surface area contributed by atoms with E-state index in [9.17, 15) is 13.2 Å². The number of hydrogen-bond acceptors (Lipinski definition) is 5. The van der Waals surface area contributed by atoms with Crippen molar-refractivity contribution >= 4 is 16.1 Å². The molecule has 2 rings (SSSR count). The van der Waals surface area contributed by atoms with Crippen LogP contribution in [0.15, 0.2) is 54.6 Å². The predicted molar refractivity (Wildman–Crippen MR) is 85.5 cm³/mol. The fourth-order valence-corrected chi connectivity index (χ4v) is 3.04. The molecule has 0 aliphatic rings. The Balaban J connectivity index is 2.01.